The molecule has 0 radical (unpaired) electrons. The molecule has 2 saturated carbocycles. The zero-order chi connectivity index (χ0) is 12.7. The van der Waals surface area contributed by atoms with Crippen LogP contribution in [-0.2, 0) is 0 Å². The van der Waals surface area contributed by atoms with E-state index in [1.807, 2.05) is 6.07 Å². The lowest BCUT2D eigenvalue weighted by molar-refractivity contribution is 0.0683. The summed E-state index contributed by atoms with van der Waals surface area (Å²) in [6.07, 6.45) is 5.05. The first-order valence-electron chi connectivity index (χ1n) is 6.33. The van der Waals surface area contributed by atoms with Crippen molar-refractivity contribution >= 4 is 21.9 Å². The molecule has 1 aromatic rings. The molecule has 0 spiro atoms. The van der Waals surface area contributed by atoms with Crippen LogP contribution in [0.25, 0.3) is 0 Å². The van der Waals surface area contributed by atoms with Gasteiger partial charge in [0.1, 0.15) is 17.4 Å². The first-order valence-corrected chi connectivity index (χ1v) is 7.13. The molecule has 0 amide bonds. The molecular weight excluding hydrogens is 296 g/mol. The number of ether oxygens (including phenoxy) is 1. The van der Waals surface area contributed by atoms with Gasteiger partial charge in [-0.15, -0.1) is 0 Å². The highest BCUT2D eigenvalue weighted by Crippen LogP contribution is 2.47. The van der Waals surface area contributed by atoms with Gasteiger partial charge in [0.2, 0.25) is 0 Å². The molecule has 3 nitrogen and oxygen atoms in total. The van der Waals surface area contributed by atoms with E-state index in [2.05, 4.69) is 15.9 Å². The number of aromatic carboxylic acids is 1. The Morgan fingerprint density at radius 1 is 1.33 bits per heavy atom. The summed E-state index contributed by atoms with van der Waals surface area (Å²) in [6, 6.07) is 5.14. The van der Waals surface area contributed by atoms with E-state index >= 15 is 0 Å². The fourth-order valence-corrected chi connectivity index (χ4v) is 3.74. The molecule has 18 heavy (non-hydrogen) atoms. The second kappa shape index (κ2) is 4.57. The predicted octanol–water partition coefficient (Wildman–Crippen LogP) is 3.71. The summed E-state index contributed by atoms with van der Waals surface area (Å²) in [6.45, 7) is 0. The number of rotatable bonds is 3. The number of benzene rings is 1. The van der Waals surface area contributed by atoms with Gasteiger partial charge in [-0.25, -0.2) is 4.79 Å². The first-order chi connectivity index (χ1) is 8.65. The van der Waals surface area contributed by atoms with Crippen molar-refractivity contribution in [2.45, 2.75) is 31.8 Å². The molecule has 2 aliphatic rings. The highest BCUT2D eigenvalue weighted by molar-refractivity contribution is 9.10. The molecule has 4 heteroatoms. The lowest BCUT2D eigenvalue weighted by Crippen LogP contribution is -2.24. The number of hydrogen-bond acceptors (Lipinski definition) is 2. The van der Waals surface area contributed by atoms with Crippen LogP contribution in [0.4, 0.5) is 0 Å². The molecule has 3 rings (SSSR count). The van der Waals surface area contributed by atoms with Gasteiger partial charge in [0.05, 0.1) is 4.47 Å². The van der Waals surface area contributed by atoms with Crippen LogP contribution in [0, 0.1) is 11.8 Å². The Kier molecular flexibility index (Phi) is 3.06. The van der Waals surface area contributed by atoms with Crippen molar-refractivity contribution in [1.29, 1.82) is 0 Å². The van der Waals surface area contributed by atoms with Gasteiger partial charge in [0.25, 0.3) is 0 Å². The summed E-state index contributed by atoms with van der Waals surface area (Å²) < 4.78 is 6.73. The number of carbonyl (C=O) groups is 1. The van der Waals surface area contributed by atoms with Crippen molar-refractivity contribution in [3.05, 3.63) is 28.2 Å². The van der Waals surface area contributed by atoms with Gasteiger partial charge in [-0.05, 0) is 65.6 Å². The average molecular weight is 311 g/mol. The van der Waals surface area contributed by atoms with E-state index < -0.39 is 5.97 Å². The Morgan fingerprint density at radius 3 is 2.78 bits per heavy atom. The fraction of sp³-hybridized carbons (Fsp3) is 0.500. The van der Waals surface area contributed by atoms with Gasteiger partial charge in [-0.2, -0.15) is 0 Å². The first kappa shape index (κ1) is 12.0. The molecule has 2 aliphatic carbocycles. The van der Waals surface area contributed by atoms with Crippen LogP contribution in [0.1, 0.15) is 36.0 Å². The molecule has 1 aromatic carbocycles. The smallest absolute Gasteiger partial charge is 0.339 e. The zero-order valence-corrected chi connectivity index (χ0v) is 11.5. The lowest BCUT2D eigenvalue weighted by atomic mass is 9.97. The van der Waals surface area contributed by atoms with Crippen molar-refractivity contribution < 1.29 is 14.6 Å². The zero-order valence-electron chi connectivity index (χ0n) is 9.93. The third kappa shape index (κ3) is 2.03. The van der Waals surface area contributed by atoms with Crippen molar-refractivity contribution in [2.24, 2.45) is 11.8 Å². The number of carboxylic acid groups (broad SMARTS) is 1. The summed E-state index contributed by atoms with van der Waals surface area (Å²) in [5.41, 5.74) is 0.243. The van der Waals surface area contributed by atoms with Crippen molar-refractivity contribution in [3.8, 4) is 5.75 Å². The minimum Gasteiger partial charge on any atom is -0.488 e. The van der Waals surface area contributed by atoms with Gasteiger partial charge in [0.15, 0.2) is 0 Å². The number of halogens is 1. The maximum atomic E-state index is 11.2. The molecule has 2 fully saturated rings. The summed E-state index contributed by atoms with van der Waals surface area (Å²) in [7, 11) is 0. The van der Waals surface area contributed by atoms with E-state index in [4.69, 9.17) is 4.74 Å². The molecule has 3 atom stereocenters. The Morgan fingerprint density at radius 2 is 2.17 bits per heavy atom. The molecule has 0 aromatic heterocycles. The van der Waals surface area contributed by atoms with Crippen LogP contribution in [0.2, 0.25) is 0 Å². The molecule has 0 aliphatic heterocycles. The number of carboxylic acids is 1. The Labute approximate surface area is 114 Å². The minimum atomic E-state index is -0.936. The summed E-state index contributed by atoms with van der Waals surface area (Å²) >= 11 is 3.39. The van der Waals surface area contributed by atoms with E-state index in [0.29, 0.717) is 11.7 Å². The second-order valence-electron chi connectivity index (χ2n) is 5.25. The van der Waals surface area contributed by atoms with E-state index in [0.717, 1.165) is 16.8 Å². The molecule has 0 saturated heterocycles. The molecular formula is C14H15BrO3. The highest BCUT2D eigenvalue weighted by atomic mass is 79.9. The Balaban J connectivity index is 1.86. The number of fused-ring (bicyclic) bond motifs is 2. The van der Waals surface area contributed by atoms with Crippen LogP contribution in [0.5, 0.6) is 5.75 Å². The normalized spacial score (nSPS) is 29.5. The van der Waals surface area contributed by atoms with Crippen LogP contribution in [-0.4, -0.2) is 17.2 Å². The molecule has 1 N–H and O–H groups in total. The molecule has 2 bridgehead atoms. The lowest BCUT2D eigenvalue weighted by Gasteiger charge is -2.24. The maximum Gasteiger partial charge on any atom is 0.339 e. The van der Waals surface area contributed by atoms with Crippen molar-refractivity contribution in [3.63, 3.8) is 0 Å². The molecule has 3 unspecified atom stereocenters. The minimum absolute atomic E-state index is 0.195. The number of hydrogen-bond donors (Lipinski definition) is 1. The van der Waals surface area contributed by atoms with Gasteiger partial charge in [-0.1, -0.05) is 6.07 Å². The van der Waals surface area contributed by atoms with E-state index in [1.54, 1.807) is 12.1 Å². The van der Waals surface area contributed by atoms with Crippen molar-refractivity contribution in [2.75, 3.05) is 0 Å². The van der Waals surface area contributed by atoms with E-state index in [-0.39, 0.29) is 11.7 Å². The van der Waals surface area contributed by atoms with Gasteiger partial charge >= 0.3 is 5.97 Å². The third-order valence-corrected chi connectivity index (χ3v) is 4.76. The Bertz CT molecular complexity index is 486. The monoisotopic (exact) mass is 310 g/mol. The SMILES string of the molecule is O=C(O)c1cccc(Br)c1OC1CC2CCC1C2. The summed E-state index contributed by atoms with van der Waals surface area (Å²) in [5.74, 6) is 0.955. The predicted molar refractivity (Wildman–Crippen MR) is 71.0 cm³/mol. The standard InChI is InChI=1S/C14H15BrO3/c15-11-3-1-2-10(14(16)17)13(11)18-12-7-8-4-5-9(12)6-8/h1-3,8-9,12H,4-7H2,(H,16,17). The summed E-state index contributed by atoms with van der Waals surface area (Å²) in [5, 5.41) is 9.20. The molecule has 96 valence electrons. The van der Waals surface area contributed by atoms with Gasteiger partial charge < -0.3 is 9.84 Å². The van der Waals surface area contributed by atoms with Crippen LogP contribution >= 0.6 is 15.9 Å². The highest BCUT2D eigenvalue weighted by Gasteiger charge is 2.41. The van der Waals surface area contributed by atoms with E-state index in [9.17, 15) is 9.90 Å². The van der Waals surface area contributed by atoms with Crippen molar-refractivity contribution in [1.82, 2.24) is 0 Å². The third-order valence-electron chi connectivity index (χ3n) is 4.14. The fourth-order valence-electron chi connectivity index (χ4n) is 3.28. The number of para-hydroxylation sites is 1. The Hall–Kier alpha value is -1.03. The second-order valence-corrected chi connectivity index (χ2v) is 6.11. The maximum absolute atomic E-state index is 11.2. The van der Waals surface area contributed by atoms with Crippen LogP contribution < -0.4 is 4.74 Å². The van der Waals surface area contributed by atoms with Crippen LogP contribution in [0.15, 0.2) is 22.7 Å². The quantitative estimate of drug-likeness (QED) is 0.925. The summed E-state index contributed by atoms with van der Waals surface area (Å²) in [4.78, 5) is 11.2. The average Bonchev–Trinajstić information content (AvgIpc) is 2.93. The van der Waals surface area contributed by atoms with E-state index in [1.165, 1.54) is 19.3 Å². The largest absolute Gasteiger partial charge is 0.488 e. The van der Waals surface area contributed by atoms with Gasteiger partial charge in [-0.3, -0.25) is 0 Å². The van der Waals surface area contributed by atoms with Crippen LogP contribution in [0.3, 0.4) is 0 Å². The molecule has 0 heterocycles. The topological polar surface area (TPSA) is 46.5 Å². The van der Waals surface area contributed by atoms with Gasteiger partial charge in [0, 0.05) is 0 Å².